The van der Waals surface area contributed by atoms with Crippen LogP contribution in [0.25, 0.3) is 0 Å². The van der Waals surface area contributed by atoms with Crippen LogP contribution in [0.5, 0.6) is 0 Å². The molecule has 1 heterocycles. The Morgan fingerprint density at radius 2 is 2.15 bits per heavy atom. The van der Waals surface area contributed by atoms with Gasteiger partial charge in [0.2, 0.25) is 0 Å². The molecule has 1 aliphatic heterocycles. The summed E-state index contributed by atoms with van der Waals surface area (Å²) in [7, 11) is 1.46. The molecule has 1 saturated heterocycles. The molecule has 1 rings (SSSR count). The quantitative estimate of drug-likeness (QED) is 0.504. The first-order valence-electron chi connectivity index (χ1n) is 4.34. The van der Waals surface area contributed by atoms with E-state index in [0.29, 0.717) is 0 Å². The van der Waals surface area contributed by atoms with Crippen molar-refractivity contribution in [3.05, 3.63) is 0 Å². The molecule has 5 heteroatoms. The average molecular weight is 191 g/mol. The molecule has 2 unspecified atom stereocenters. The van der Waals surface area contributed by atoms with Crippen LogP contribution in [0.2, 0.25) is 0 Å². The summed E-state index contributed by atoms with van der Waals surface area (Å²) >= 11 is 0. The Morgan fingerprint density at radius 3 is 2.62 bits per heavy atom. The minimum absolute atomic E-state index is 0.134. The highest BCUT2D eigenvalue weighted by Gasteiger charge is 2.40. The van der Waals surface area contributed by atoms with Crippen molar-refractivity contribution in [3.8, 4) is 0 Å². The molecule has 5 atom stereocenters. The zero-order valence-electron chi connectivity index (χ0n) is 7.88. The molecule has 1 fully saturated rings. The maximum Gasteiger partial charge on any atom is 0.175 e. The zero-order chi connectivity index (χ0) is 10.0. The van der Waals surface area contributed by atoms with E-state index in [1.807, 2.05) is 0 Å². The Hall–Kier alpha value is -0.200. The molecule has 0 saturated carbocycles. The first-order chi connectivity index (χ1) is 6.11. The van der Waals surface area contributed by atoms with E-state index >= 15 is 0 Å². The highest BCUT2D eigenvalue weighted by atomic mass is 16.7. The van der Waals surface area contributed by atoms with E-state index in [1.165, 1.54) is 7.11 Å². The van der Waals surface area contributed by atoms with Gasteiger partial charge in [-0.25, -0.2) is 0 Å². The monoisotopic (exact) mass is 191 g/mol. The molecule has 5 nitrogen and oxygen atoms in total. The molecule has 1 aliphatic rings. The number of hydrogen-bond acceptors (Lipinski definition) is 5. The van der Waals surface area contributed by atoms with Gasteiger partial charge in [-0.05, 0) is 0 Å². The van der Waals surface area contributed by atoms with Crippen molar-refractivity contribution in [2.75, 3.05) is 13.7 Å². The number of rotatable bonds is 2. The smallest absolute Gasteiger partial charge is 0.175 e. The standard InChI is InChI=1S/C8H17NO4/c1-4-5(3-10)13-8(12-2)6(9)7(4)11/h4-8,10-11H,3,9H2,1-2H3/t4-,5?,6?,7+,8-/m1/s1. The zero-order valence-corrected chi connectivity index (χ0v) is 7.88. The Kier molecular flexibility index (Phi) is 3.63. The summed E-state index contributed by atoms with van der Waals surface area (Å²) in [5.74, 6) is -0.175. The molecule has 78 valence electrons. The minimum atomic E-state index is -0.698. The van der Waals surface area contributed by atoms with E-state index in [-0.39, 0.29) is 12.5 Å². The van der Waals surface area contributed by atoms with Crippen LogP contribution in [0, 0.1) is 5.92 Å². The maximum absolute atomic E-state index is 9.65. The summed E-state index contributed by atoms with van der Waals surface area (Å²) < 4.78 is 10.3. The van der Waals surface area contributed by atoms with Gasteiger partial charge in [-0.3, -0.25) is 0 Å². The number of hydrogen-bond donors (Lipinski definition) is 3. The molecule has 0 amide bonds. The van der Waals surface area contributed by atoms with Crippen molar-refractivity contribution >= 4 is 0 Å². The lowest BCUT2D eigenvalue weighted by molar-refractivity contribution is -0.240. The molecule has 4 N–H and O–H groups in total. The van der Waals surface area contributed by atoms with Crippen molar-refractivity contribution in [1.82, 2.24) is 0 Å². The van der Waals surface area contributed by atoms with Gasteiger partial charge in [0, 0.05) is 13.0 Å². The van der Waals surface area contributed by atoms with E-state index in [2.05, 4.69) is 0 Å². The number of ether oxygens (including phenoxy) is 2. The maximum atomic E-state index is 9.65. The fraction of sp³-hybridized carbons (Fsp3) is 1.00. The van der Waals surface area contributed by atoms with Crippen LogP contribution in [0.1, 0.15) is 6.92 Å². The van der Waals surface area contributed by atoms with E-state index in [1.54, 1.807) is 6.92 Å². The molecule has 13 heavy (non-hydrogen) atoms. The van der Waals surface area contributed by atoms with Gasteiger partial charge in [-0.15, -0.1) is 0 Å². The lowest BCUT2D eigenvalue weighted by atomic mass is 9.90. The summed E-state index contributed by atoms with van der Waals surface area (Å²) in [6.07, 6.45) is -1.74. The van der Waals surface area contributed by atoms with Crippen LogP contribution < -0.4 is 5.73 Å². The molecular weight excluding hydrogens is 174 g/mol. The second-order valence-electron chi connectivity index (χ2n) is 3.39. The van der Waals surface area contributed by atoms with Crippen molar-refractivity contribution < 1.29 is 19.7 Å². The third-order valence-electron chi connectivity index (χ3n) is 2.55. The minimum Gasteiger partial charge on any atom is -0.394 e. The van der Waals surface area contributed by atoms with Gasteiger partial charge in [0.05, 0.1) is 24.9 Å². The summed E-state index contributed by atoms with van der Waals surface area (Å²) in [4.78, 5) is 0. The fourth-order valence-corrected chi connectivity index (χ4v) is 1.54. The number of methoxy groups -OCH3 is 1. The molecule has 0 aromatic rings. The molecule has 0 bridgehead atoms. The van der Waals surface area contributed by atoms with Crippen molar-refractivity contribution in [3.63, 3.8) is 0 Å². The summed E-state index contributed by atoms with van der Waals surface area (Å²) in [5.41, 5.74) is 5.66. The second-order valence-corrected chi connectivity index (χ2v) is 3.39. The second kappa shape index (κ2) is 4.34. The summed E-state index contributed by atoms with van der Waals surface area (Å²) in [6.45, 7) is 1.65. The summed E-state index contributed by atoms with van der Waals surface area (Å²) in [5, 5.41) is 18.6. The van der Waals surface area contributed by atoms with Gasteiger partial charge in [-0.1, -0.05) is 6.92 Å². The van der Waals surface area contributed by atoms with Crippen molar-refractivity contribution in [1.29, 1.82) is 0 Å². The van der Waals surface area contributed by atoms with Gasteiger partial charge >= 0.3 is 0 Å². The first-order valence-corrected chi connectivity index (χ1v) is 4.34. The Balaban J connectivity index is 2.66. The number of nitrogens with two attached hydrogens (primary N) is 1. The van der Waals surface area contributed by atoms with Crippen LogP contribution in [0.15, 0.2) is 0 Å². The lowest BCUT2D eigenvalue weighted by Gasteiger charge is -2.40. The number of aliphatic hydroxyl groups excluding tert-OH is 2. The molecule has 0 spiro atoms. The van der Waals surface area contributed by atoms with Crippen LogP contribution >= 0.6 is 0 Å². The van der Waals surface area contributed by atoms with Crippen LogP contribution in [-0.2, 0) is 9.47 Å². The highest BCUT2D eigenvalue weighted by molar-refractivity contribution is 4.88. The van der Waals surface area contributed by atoms with Gasteiger partial charge in [0.25, 0.3) is 0 Å². The van der Waals surface area contributed by atoms with E-state index < -0.39 is 24.5 Å². The van der Waals surface area contributed by atoms with Gasteiger partial charge in [-0.2, -0.15) is 0 Å². The van der Waals surface area contributed by atoms with Gasteiger partial charge in [0.1, 0.15) is 0 Å². The predicted molar refractivity (Wildman–Crippen MR) is 45.9 cm³/mol. The molecule has 0 aromatic carbocycles. The van der Waals surface area contributed by atoms with Crippen LogP contribution in [0.4, 0.5) is 0 Å². The Labute approximate surface area is 77.4 Å². The summed E-state index contributed by atoms with van der Waals surface area (Å²) in [6, 6.07) is -0.553. The van der Waals surface area contributed by atoms with Crippen LogP contribution in [0.3, 0.4) is 0 Å². The largest absolute Gasteiger partial charge is 0.394 e. The molecule has 0 aromatic heterocycles. The fourth-order valence-electron chi connectivity index (χ4n) is 1.54. The third kappa shape index (κ3) is 2.00. The highest BCUT2D eigenvalue weighted by Crippen LogP contribution is 2.24. The number of aliphatic hydroxyl groups is 2. The predicted octanol–water partition coefficient (Wildman–Crippen LogP) is -1.33. The Morgan fingerprint density at radius 1 is 1.54 bits per heavy atom. The SMILES string of the molecule is CO[C@@H]1OC(CO)[C@@H](C)[C@H](O)C1N. The average Bonchev–Trinajstić information content (AvgIpc) is 2.15. The van der Waals surface area contributed by atoms with Crippen molar-refractivity contribution in [2.24, 2.45) is 11.7 Å². The lowest BCUT2D eigenvalue weighted by Crippen LogP contribution is -2.58. The third-order valence-corrected chi connectivity index (χ3v) is 2.55. The molecule has 0 aliphatic carbocycles. The van der Waals surface area contributed by atoms with E-state index in [9.17, 15) is 5.11 Å². The Bertz CT molecular complexity index is 146. The van der Waals surface area contributed by atoms with E-state index in [4.69, 9.17) is 20.3 Å². The molecular formula is C8H17NO4. The van der Waals surface area contributed by atoms with Crippen molar-refractivity contribution in [2.45, 2.75) is 31.5 Å². The normalized spacial score (nSPS) is 46.4. The van der Waals surface area contributed by atoms with E-state index in [0.717, 1.165) is 0 Å². The molecule has 0 radical (unpaired) electrons. The topological polar surface area (TPSA) is 84.9 Å². The van der Waals surface area contributed by atoms with Gasteiger partial charge in [0.15, 0.2) is 6.29 Å². The van der Waals surface area contributed by atoms with Gasteiger partial charge < -0.3 is 25.4 Å². The first kappa shape index (κ1) is 10.9. The van der Waals surface area contributed by atoms with Crippen LogP contribution in [-0.4, -0.2) is 48.5 Å².